The molecule has 2 aromatic rings. The van der Waals surface area contributed by atoms with Gasteiger partial charge in [0, 0.05) is 82.1 Å². The fourth-order valence-electron chi connectivity index (χ4n) is 7.70. The van der Waals surface area contributed by atoms with Crippen molar-refractivity contribution >= 4 is 23.4 Å². The zero-order chi connectivity index (χ0) is 29.3. The first-order valence-corrected chi connectivity index (χ1v) is 16.0. The average molecular weight is 583 g/mol. The minimum absolute atomic E-state index is 0.107. The Morgan fingerprint density at radius 2 is 1.86 bits per heavy atom. The SMILES string of the molecule is C=CC(=O)N1CCN(c2nc(N3CC(N4CCOCC4)C3)nc3c2CCC(N2CCCc4ccccc42)C3)C[C@@H]1CC#N. The zero-order valence-corrected chi connectivity index (χ0v) is 25.0. The highest BCUT2D eigenvalue weighted by Crippen LogP contribution is 2.37. The number of rotatable bonds is 6. The number of carbonyl (C=O) groups excluding carboxylic acids is 1. The van der Waals surface area contributed by atoms with E-state index in [1.165, 1.54) is 29.3 Å². The van der Waals surface area contributed by atoms with E-state index >= 15 is 0 Å². The third-order valence-corrected chi connectivity index (χ3v) is 10.1. The lowest BCUT2D eigenvalue weighted by atomic mass is 9.88. The molecular weight excluding hydrogens is 540 g/mol. The number of morpholine rings is 1. The Kier molecular flexibility index (Phi) is 7.93. The van der Waals surface area contributed by atoms with Gasteiger partial charge in [-0.25, -0.2) is 4.98 Å². The number of hydrogen-bond donors (Lipinski definition) is 0. The first kappa shape index (κ1) is 28.1. The van der Waals surface area contributed by atoms with Gasteiger partial charge in [-0.15, -0.1) is 0 Å². The molecule has 1 unspecified atom stereocenters. The van der Waals surface area contributed by atoms with Crippen molar-refractivity contribution < 1.29 is 9.53 Å². The van der Waals surface area contributed by atoms with Crippen molar-refractivity contribution in [1.82, 2.24) is 19.8 Å². The van der Waals surface area contributed by atoms with E-state index in [0.717, 1.165) is 89.1 Å². The Morgan fingerprint density at radius 3 is 2.67 bits per heavy atom. The van der Waals surface area contributed by atoms with Gasteiger partial charge < -0.3 is 24.3 Å². The number of carbonyl (C=O) groups is 1. The molecule has 0 spiro atoms. The summed E-state index contributed by atoms with van der Waals surface area (Å²) in [4.78, 5) is 34.7. The Labute approximate surface area is 254 Å². The van der Waals surface area contributed by atoms with Gasteiger partial charge >= 0.3 is 0 Å². The number of nitriles is 1. The molecule has 1 aromatic carbocycles. The zero-order valence-electron chi connectivity index (χ0n) is 25.0. The van der Waals surface area contributed by atoms with Crippen LogP contribution in [0.4, 0.5) is 17.5 Å². The number of piperazine rings is 1. The van der Waals surface area contributed by atoms with Gasteiger partial charge in [-0.2, -0.15) is 10.2 Å². The summed E-state index contributed by atoms with van der Waals surface area (Å²) in [6.07, 6.45) is 6.89. The van der Waals surface area contributed by atoms with Gasteiger partial charge in [0.2, 0.25) is 11.9 Å². The largest absolute Gasteiger partial charge is 0.379 e. The van der Waals surface area contributed by atoms with Gasteiger partial charge in [0.1, 0.15) is 5.82 Å². The van der Waals surface area contributed by atoms with Crippen molar-refractivity contribution in [3.05, 3.63) is 53.7 Å². The second kappa shape index (κ2) is 12.1. The lowest BCUT2D eigenvalue weighted by molar-refractivity contribution is -0.128. The van der Waals surface area contributed by atoms with Crippen LogP contribution in [-0.2, 0) is 28.8 Å². The molecule has 4 aliphatic heterocycles. The molecule has 10 heteroatoms. The summed E-state index contributed by atoms with van der Waals surface area (Å²) in [5.41, 5.74) is 5.24. The van der Waals surface area contributed by atoms with Gasteiger partial charge in [-0.05, 0) is 43.4 Å². The van der Waals surface area contributed by atoms with E-state index in [-0.39, 0.29) is 11.9 Å². The van der Waals surface area contributed by atoms with E-state index in [2.05, 4.69) is 56.5 Å². The average Bonchev–Trinajstić information content (AvgIpc) is 3.03. The molecule has 226 valence electrons. The quantitative estimate of drug-likeness (QED) is 0.476. The highest BCUT2D eigenvalue weighted by Gasteiger charge is 2.38. The summed E-state index contributed by atoms with van der Waals surface area (Å²) < 4.78 is 5.57. The van der Waals surface area contributed by atoms with Crippen LogP contribution in [0.15, 0.2) is 36.9 Å². The molecule has 0 bridgehead atoms. The maximum atomic E-state index is 12.6. The minimum Gasteiger partial charge on any atom is -0.379 e. The number of ether oxygens (including phenoxy) is 1. The summed E-state index contributed by atoms with van der Waals surface area (Å²) in [5.74, 6) is 1.71. The predicted octanol–water partition coefficient (Wildman–Crippen LogP) is 2.42. The molecule has 10 nitrogen and oxygen atoms in total. The van der Waals surface area contributed by atoms with E-state index in [0.29, 0.717) is 38.1 Å². The molecule has 5 heterocycles. The summed E-state index contributed by atoms with van der Waals surface area (Å²) in [5, 5.41) is 9.57. The fraction of sp³-hybridized carbons (Fsp3) is 0.576. The van der Waals surface area contributed by atoms with E-state index in [4.69, 9.17) is 14.7 Å². The van der Waals surface area contributed by atoms with E-state index in [9.17, 15) is 10.1 Å². The second-order valence-corrected chi connectivity index (χ2v) is 12.5. The number of aromatic nitrogens is 2. The van der Waals surface area contributed by atoms with Crippen molar-refractivity contribution in [2.75, 3.05) is 80.3 Å². The Hall–Kier alpha value is -3.68. The second-order valence-electron chi connectivity index (χ2n) is 12.5. The molecule has 7 rings (SSSR count). The third kappa shape index (κ3) is 5.45. The summed E-state index contributed by atoms with van der Waals surface area (Å²) in [6, 6.07) is 11.9. The van der Waals surface area contributed by atoms with Crippen LogP contribution in [0.1, 0.15) is 36.1 Å². The molecular formula is C33H42N8O2. The number of fused-ring (bicyclic) bond motifs is 2. The van der Waals surface area contributed by atoms with Gasteiger partial charge in [-0.1, -0.05) is 24.8 Å². The molecule has 2 atom stereocenters. The molecule has 3 saturated heterocycles. The fourth-order valence-corrected chi connectivity index (χ4v) is 7.70. The lowest BCUT2D eigenvalue weighted by Crippen LogP contribution is -2.62. The van der Waals surface area contributed by atoms with Crippen LogP contribution in [0.5, 0.6) is 0 Å². The van der Waals surface area contributed by atoms with E-state index in [1.807, 2.05) is 0 Å². The van der Waals surface area contributed by atoms with Crippen LogP contribution in [0.3, 0.4) is 0 Å². The third-order valence-electron chi connectivity index (χ3n) is 10.1. The van der Waals surface area contributed by atoms with E-state index < -0.39 is 0 Å². The summed E-state index contributed by atoms with van der Waals surface area (Å²) in [6.45, 7) is 12.1. The normalized spacial score (nSPS) is 24.5. The topological polar surface area (TPSA) is 92.1 Å². The van der Waals surface area contributed by atoms with Crippen LogP contribution in [0.25, 0.3) is 0 Å². The van der Waals surface area contributed by atoms with E-state index in [1.54, 1.807) is 4.90 Å². The first-order valence-electron chi connectivity index (χ1n) is 16.0. The van der Waals surface area contributed by atoms with Crippen LogP contribution >= 0.6 is 0 Å². The van der Waals surface area contributed by atoms with Crippen molar-refractivity contribution in [2.45, 2.75) is 56.7 Å². The van der Waals surface area contributed by atoms with Gasteiger partial charge in [0.05, 0.1) is 37.4 Å². The standard InChI is InChI=1S/C33H42N8O2/c1-2-31(42)41-15-14-38(21-26(41)11-12-34)32-28-10-9-25(40-13-5-7-24-6-3-4-8-30(24)40)20-29(28)35-33(36-32)39-22-27(23-39)37-16-18-43-19-17-37/h2-4,6,8,25-27H,1,5,7,9-11,13-23H2/t25?,26-/m0/s1. The number of anilines is 3. The maximum absolute atomic E-state index is 12.6. The summed E-state index contributed by atoms with van der Waals surface area (Å²) >= 11 is 0. The highest BCUT2D eigenvalue weighted by atomic mass is 16.5. The molecule has 1 aromatic heterocycles. The molecule has 5 aliphatic rings. The Balaban J connectivity index is 1.18. The number of benzene rings is 1. The smallest absolute Gasteiger partial charge is 0.246 e. The van der Waals surface area contributed by atoms with Crippen molar-refractivity contribution in [2.24, 2.45) is 0 Å². The lowest BCUT2D eigenvalue weighted by Gasteiger charge is -2.47. The first-order chi connectivity index (χ1) is 21.1. The van der Waals surface area contributed by atoms with Gasteiger partial charge in [-0.3, -0.25) is 9.69 Å². The molecule has 1 amide bonds. The van der Waals surface area contributed by atoms with Crippen LogP contribution in [0, 0.1) is 11.3 Å². The molecule has 0 saturated carbocycles. The van der Waals surface area contributed by atoms with Gasteiger partial charge in [0.25, 0.3) is 0 Å². The maximum Gasteiger partial charge on any atom is 0.246 e. The number of aryl methyl sites for hydroxylation is 1. The Morgan fingerprint density at radius 1 is 1.02 bits per heavy atom. The Bertz CT molecular complexity index is 1400. The van der Waals surface area contributed by atoms with Crippen LogP contribution in [-0.4, -0.2) is 109 Å². The van der Waals surface area contributed by atoms with Crippen molar-refractivity contribution in [1.29, 1.82) is 5.26 Å². The number of amides is 1. The molecule has 0 radical (unpaired) electrons. The monoisotopic (exact) mass is 582 g/mol. The molecule has 0 N–H and O–H groups in total. The number of nitrogens with zero attached hydrogens (tertiary/aromatic N) is 8. The van der Waals surface area contributed by atoms with Crippen molar-refractivity contribution in [3.8, 4) is 6.07 Å². The van der Waals surface area contributed by atoms with Crippen molar-refractivity contribution in [3.63, 3.8) is 0 Å². The van der Waals surface area contributed by atoms with Gasteiger partial charge in [0.15, 0.2) is 0 Å². The van der Waals surface area contributed by atoms with Crippen LogP contribution < -0.4 is 14.7 Å². The molecule has 1 aliphatic carbocycles. The molecule has 43 heavy (non-hydrogen) atoms. The predicted molar refractivity (Wildman–Crippen MR) is 166 cm³/mol. The number of hydrogen-bond acceptors (Lipinski definition) is 9. The summed E-state index contributed by atoms with van der Waals surface area (Å²) in [7, 11) is 0. The highest BCUT2D eigenvalue weighted by molar-refractivity contribution is 5.87. The number of para-hydroxylation sites is 1. The minimum atomic E-state index is -0.186. The van der Waals surface area contributed by atoms with Crippen LogP contribution in [0.2, 0.25) is 0 Å². The molecule has 3 fully saturated rings.